The molecule has 0 unspecified atom stereocenters. The van der Waals surface area contributed by atoms with Crippen molar-refractivity contribution < 1.29 is 14.2 Å². The van der Waals surface area contributed by atoms with Crippen LogP contribution in [0.15, 0.2) is 84.9 Å². The molecule has 0 heterocycles. The van der Waals surface area contributed by atoms with E-state index in [4.69, 9.17) is 14.2 Å². The Morgan fingerprint density at radius 1 is 0.615 bits per heavy atom. The molecule has 0 radical (unpaired) electrons. The number of ether oxygens (including phenoxy) is 3. The third-order valence-electron chi connectivity index (χ3n) is 4.06. The standard InChI is InChI=1S/C23H22O3/c1-24-23(25-2,21-11-7-4-8-12-21)26-22-17-15-20(16-18-22)14-13-19-9-5-3-6-10-19/h3-18H,1-2H3. The van der Waals surface area contributed by atoms with E-state index in [-0.39, 0.29) is 0 Å². The number of hydrogen-bond acceptors (Lipinski definition) is 3. The van der Waals surface area contributed by atoms with Crippen LogP contribution in [0.2, 0.25) is 0 Å². The van der Waals surface area contributed by atoms with Gasteiger partial charge in [0.15, 0.2) is 0 Å². The average molecular weight is 346 g/mol. The van der Waals surface area contributed by atoms with Crippen molar-refractivity contribution in [3.05, 3.63) is 102 Å². The molecule has 0 aromatic heterocycles. The SMILES string of the molecule is COC(OC)(Oc1ccc(C=Cc2ccccc2)cc1)c1ccccc1. The van der Waals surface area contributed by atoms with E-state index in [1.165, 1.54) is 0 Å². The highest BCUT2D eigenvalue weighted by molar-refractivity contribution is 5.69. The zero-order valence-corrected chi connectivity index (χ0v) is 15.0. The lowest BCUT2D eigenvalue weighted by atomic mass is 10.1. The maximum absolute atomic E-state index is 6.04. The van der Waals surface area contributed by atoms with Crippen LogP contribution in [0.25, 0.3) is 12.2 Å². The van der Waals surface area contributed by atoms with Crippen LogP contribution in [0.1, 0.15) is 16.7 Å². The van der Waals surface area contributed by atoms with E-state index >= 15 is 0 Å². The summed E-state index contributed by atoms with van der Waals surface area (Å²) >= 11 is 0. The van der Waals surface area contributed by atoms with Crippen LogP contribution >= 0.6 is 0 Å². The summed E-state index contributed by atoms with van der Waals surface area (Å²) in [5, 5.41) is 0. The molecule has 3 rings (SSSR count). The summed E-state index contributed by atoms with van der Waals surface area (Å²) < 4.78 is 17.1. The summed E-state index contributed by atoms with van der Waals surface area (Å²) in [7, 11) is 3.13. The van der Waals surface area contributed by atoms with Crippen molar-refractivity contribution in [1.29, 1.82) is 0 Å². The molecule has 132 valence electrons. The predicted octanol–water partition coefficient (Wildman–Crippen LogP) is 5.34. The van der Waals surface area contributed by atoms with Gasteiger partial charge in [0, 0.05) is 14.2 Å². The van der Waals surface area contributed by atoms with Gasteiger partial charge in [-0.3, -0.25) is 0 Å². The molecule has 26 heavy (non-hydrogen) atoms. The highest BCUT2D eigenvalue weighted by Gasteiger charge is 2.35. The van der Waals surface area contributed by atoms with Crippen LogP contribution < -0.4 is 4.74 Å². The number of rotatable bonds is 7. The summed E-state index contributed by atoms with van der Waals surface area (Å²) in [4.78, 5) is 0. The molecule has 0 N–H and O–H groups in total. The Balaban J connectivity index is 1.76. The van der Waals surface area contributed by atoms with Crippen molar-refractivity contribution in [2.24, 2.45) is 0 Å². The normalized spacial score (nSPS) is 11.6. The minimum Gasteiger partial charge on any atom is -0.435 e. The highest BCUT2D eigenvalue weighted by Crippen LogP contribution is 2.30. The lowest BCUT2D eigenvalue weighted by Gasteiger charge is -2.31. The summed E-state index contributed by atoms with van der Waals surface area (Å²) in [6.45, 7) is 0. The Labute approximate surface area is 154 Å². The van der Waals surface area contributed by atoms with Crippen molar-refractivity contribution in [3.8, 4) is 5.75 Å². The lowest BCUT2D eigenvalue weighted by Crippen LogP contribution is -2.37. The van der Waals surface area contributed by atoms with Gasteiger partial charge < -0.3 is 14.2 Å². The minimum atomic E-state index is -1.28. The monoisotopic (exact) mass is 346 g/mol. The Bertz CT molecular complexity index is 820. The van der Waals surface area contributed by atoms with E-state index in [0.717, 1.165) is 16.7 Å². The smallest absolute Gasteiger partial charge is 0.355 e. The average Bonchev–Trinajstić information content (AvgIpc) is 2.73. The van der Waals surface area contributed by atoms with E-state index in [9.17, 15) is 0 Å². The van der Waals surface area contributed by atoms with Crippen LogP contribution in [0.5, 0.6) is 5.75 Å². The number of hydrogen-bond donors (Lipinski definition) is 0. The molecule has 0 aliphatic heterocycles. The molecule has 0 bridgehead atoms. The van der Waals surface area contributed by atoms with Gasteiger partial charge in [-0.25, -0.2) is 0 Å². The van der Waals surface area contributed by atoms with Crippen molar-refractivity contribution >= 4 is 12.2 Å². The van der Waals surface area contributed by atoms with E-state index < -0.39 is 5.97 Å². The summed E-state index contributed by atoms with van der Waals surface area (Å²) in [6, 6.07) is 27.6. The molecule has 0 spiro atoms. The fourth-order valence-electron chi connectivity index (χ4n) is 2.66. The molecular weight excluding hydrogens is 324 g/mol. The molecule has 0 aliphatic rings. The van der Waals surface area contributed by atoms with E-state index in [1.807, 2.05) is 72.8 Å². The van der Waals surface area contributed by atoms with Gasteiger partial charge in [-0.1, -0.05) is 72.8 Å². The molecule has 3 nitrogen and oxygen atoms in total. The van der Waals surface area contributed by atoms with Gasteiger partial charge in [0.2, 0.25) is 0 Å². The molecule has 0 saturated carbocycles. The van der Waals surface area contributed by atoms with Crippen LogP contribution in [-0.2, 0) is 15.4 Å². The first-order chi connectivity index (χ1) is 12.8. The maximum Gasteiger partial charge on any atom is 0.355 e. The second-order valence-electron chi connectivity index (χ2n) is 5.75. The fourth-order valence-corrected chi connectivity index (χ4v) is 2.66. The van der Waals surface area contributed by atoms with Gasteiger partial charge in [0.1, 0.15) is 5.75 Å². The molecule has 0 aliphatic carbocycles. The summed E-state index contributed by atoms with van der Waals surface area (Å²) in [5.74, 6) is -0.614. The van der Waals surface area contributed by atoms with Gasteiger partial charge in [-0.05, 0) is 35.4 Å². The molecule has 3 aromatic rings. The molecule has 0 amide bonds. The second-order valence-corrected chi connectivity index (χ2v) is 5.75. The minimum absolute atomic E-state index is 0.661. The van der Waals surface area contributed by atoms with Crippen molar-refractivity contribution in [2.75, 3.05) is 14.2 Å². The van der Waals surface area contributed by atoms with Gasteiger partial charge in [-0.2, -0.15) is 0 Å². The quantitative estimate of drug-likeness (QED) is 0.427. The Hall–Kier alpha value is -2.88. The van der Waals surface area contributed by atoms with E-state index in [0.29, 0.717) is 5.75 Å². The van der Waals surface area contributed by atoms with Crippen molar-refractivity contribution in [3.63, 3.8) is 0 Å². The van der Waals surface area contributed by atoms with Gasteiger partial charge in [-0.15, -0.1) is 0 Å². The lowest BCUT2D eigenvalue weighted by molar-refractivity contribution is -0.334. The predicted molar refractivity (Wildman–Crippen MR) is 105 cm³/mol. The molecule has 3 aromatic carbocycles. The van der Waals surface area contributed by atoms with Crippen LogP contribution in [0, 0.1) is 0 Å². The molecule has 3 heteroatoms. The third kappa shape index (κ3) is 4.20. The molecule has 0 saturated heterocycles. The Morgan fingerprint density at radius 2 is 1.12 bits per heavy atom. The topological polar surface area (TPSA) is 27.7 Å². The van der Waals surface area contributed by atoms with Crippen LogP contribution in [-0.4, -0.2) is 14.2 Å². The van der Waals surface area contributed by atoms with Gasteiger partial charge in [0.05, 0.1) is 5.56 Å². The fraction of sp³-hybridized carbons (Fsp3) is 0.130. The van der Waals surface area contributed by atoms with E-state index in [2.05, 4.69) is 24.3 Å². The summed E-state index contributed by atoms with van der Waals surface area (Å²) in [6.07, 6.45) is 4.14. The zero-order valence-electron chi connectivity index (χ0n) is 15.0. The largest absolute Gasteiger partial charge is 0.435 e. The second kappa shape index (κ2) is 8.48. The molecule has 0 atom stereocenters. The van der Waals surface area contributed by atoms with E-state index in [1.54, 1.807) is 14.2 Å². The third-order valence-corrected chi connectivity index (χ3v) is 4.06. The van der Waals surface area contributed by atoms with Crippen LogP contribution in [0.4, 0.5) is 0 Å². The summed E-state index contributed by atoms with van der Waals surface area (Å²) in [5.41, 5.74) is 3.04. The first-order valence-corrected chi connectivity index (χ1v) is 8.44. The zero-order chi connectivity index (χ0) is 18.2. The van der Waals surface area contributed by atoms with Gasteiger partial charge >= 0.3 is 5.97 Å². The van der Waals surface area contributed by atoms with Crippen molar-refractivity contribution in [2.45, 2.75) is 5.97 Å². The molecule has 0 fully saturated rings. The van der Waals surface area contributed by atoms with Crippen LogP contribution in [0.3, 0.4) is 0 Å². The van der Waals surface area contributed by atoms with Crippen molar-refractivity contribution in [1.82, 2.24) is 0 Å². The van der Waals surface area contributed by atoms with Gasteiger partial charge in [0.25, 0.3) is 0 Å². The maximum atomic E-state index is 6.04. The first kappa shape index (κ1) is 17.9. The number of benzene rings is 3. The molecular formula is C23H22O3. The number of methoxy groups -OCH3 is 2. The Morgan fingerprint density at radius 3 is 1.65 bits per heavy atom. The first-order valence-electron chi connectivity index (χ1n) is 8.44. The Kier molecular flexibility index (Phi) is 5.84. The highest BCUT2D eigenvalue weighted by atomic mass is 16.9.